The lowest BCUT2D eigenvalue weighted by molar-refractivity contribution is 0.0951. The molecule has 27 heavy (non-hydrogen) atoms. The highest BCUT2D eigenvalue weighted by atomic mass is 19.1. The Labute approximate surface area is 157 Å². The molecule has 6 heteroatoms. The van der Waals surface area contributed by atoms with Crippen LogP contribution in [0.5, 0.6) is 0 Å². The minimum absolute atomic E-state index is 0.0630. The molecule has 0 unspecified atom stereocenters. The fourth-order valence-electron chi connectivity index (χ4n) is 3.27. The summed E-state index contributed by atoms with van der Waals surface area (Å²) in [5, 5.41) is 2.96. The maximum atomic E-state index is 13.1. The number of benzene rings is 2. The van der Waals surface area contributed by atoms with Crippen LogP contribution in [0.25, 0.3) is 0 Å². The fourth-order valence-corrected chi connectivity index (χ4v) is 3.27. The van der Waals surface area contributed by atoms with Crippen LogP contribution in [-0.2, 0) is 6.54 Å². The van der Waals surface area contributed by atoms with Crippen molar-refractivity contribution in [3.05, 3.63) is 65.5 Å². The molecule has 0 aromatic heterocycles. The molecule has 2 aromatic rings. The zero-order chi connectivity index (χ0) is 18.8. The summed E-state index contributed by atoms with van der Waals surface area (Å²) in [6.45, 7) is 1.78. The van der Waals surface area contributed by atoms with Crippen LogP contribution in [0.2, 0.25) is 0 Å². The SMILES string of the molecule is O=C(NC1CC1)c1ccc(N2CCCN(Cc3ccc(F)cc3)C2=O)cc1. The number of halogens is 1. The van der Waals surface area contributed by atoms with Crippen molar-refractivity contribution >= 4 is 17.6 Å². The number of nitrogens with one attached hydrogen (secondary N) is 1. The second-order valence-electron chi connectivity index (χ2n) is 7.13. The van der Waals surface area contributed by atoms with Gasteiger partial charge >= 0.3 is 6.03 Å². The predicted octanol–water partition coefficient (Wildman–Crippen LogP) is 3.55. The third-order valence-corrected chi connectivity index (χ3v) is 4.95. The third-order valence-electron chi connectivity index (χ3n) is 4.95. The third kappa shape index (κ3) is 4.10. The summed E-state index contributed by atoms with van der Waals surface area (Å²) in [5.41, 5.74) is 2.30. The van der Waals surface area contributed by atoms with Gasteiger partial charge in [0, 0.05) is 36.9 Å². The van der Waals surface area contributed by atoms with Crippen molar-refractivity contribution in [2.75, 3.05) is 18.0 Å². The van der Waals surface area contributed by atoms with Crippen LogP contribution in [0.4, 0.5) is 14.9 Å². The van der Waals surface area contributed by atoms with Crippen molar-refractivity contribution in [2.24, 2.45) is 0 Å². The van der Waals surface area contributed by atoms with Gasteiger partial charge in [-0.1, -0.05) is 12.1 Å². The molecule has 1 saturated heterocycles. The topological polar surface area (TPSA) is 52.7 Å². The molecule has 0 bridgehead atoms. The van der Waals surface area contributed by atoms with Crippen LogP contribution in [-0.4, -0.2) is 36.0 Å². The summed E-state index contributed by atoms with van der Waals surface area (Å²) in [5.74, 6) is -0.344. The number of hydrogen-bond acceptors (Lipinski definition) is 2. The lowest BCUT2D eigenvalue weighted by Crippen LogP contribution is -2.49. The highest BCUT2D eigenvalue weighted by Gasteiger charge is 2.27. The Morgan fingerprint density at radius 2 is 1.74 bits per heavy atom. The van der Waals surface area contributed by atoms with Gasteiger partial charge < -0.3 is 10.2 Å². The van der Waals surface area contributed by atoms with E-state index in [1.165, 1.54) is 12.1 Å². The van der Waals surface area contributed by atoms with Gasteiger partial charge in [0.05, 0.1) is 0 Å². The molecule has 1 aliphatic carbocycles. The Kier molecular flexibility index (Phi) is 4.79. The van der Waals surface area contributed by atoms with Gasteiger partial charge in [0.2, 0.25) is 0 Å². The van der Waals surface area contributed by atoms with Crippen molar-refractivity contribution in [1.82, 2.24) is 10.2 Å². The highest BCUT2D eigenvalue weighted by Crippen LogP contribution is 2.23. The maximum absolute atomic E-state index is 13.1. The van der Waals surface area contributed by atoms with Crippen molar-refractivity contribution in [3.8, 4) is 0 Å². The van der Waals surface area contributed by atoms with Crippen LogP contribution < -0.4 is 10.2 Å². The minimum atomic E-state index is -0.281. The molecule has 4 rings (SSSR count). The van der Waals surface area contributed by atoms with E-state index >= 15 is 0 Å². The quantitative estimate of drug-likeness (QED) is 0.879. The van der Waals surface area contributed by atoms with E-state index in [9.17, 15) is 14.0 Å². The van der Waals surface area contributed by atoms with Gasteiger partial charge in [0.1, 0.15) is 5.82 Å². The van der Waals surface area contributed by atoms with E-state index in [0.29, 0.717) is 31.2 Å². The van der Waals surface area contributed by atoms with Crippen LogP contribution >= 0.6 is 0 Å². The summed E-state index contributed by atoms with van der Waals surface area (Å²) in [7, 11) is 0. The van der Waals surface area contributed by atoms with E-state index in [2.05, 4.69) is 5.32 Å². The Balaban J connectivity index is 1.43. The molecule has 1 saturated carbocycles. The molecule has 5 nitrogen and oxygen atoms in total. The first-order chi connectivity index (χ1) is 13.1. The summed E-state index contributed by atoms with van der Waals surface area (Å²) in [6.07, 6.45) is 2.96. The monoisotopic (exact) mass is 367 g/mol. The number of rotatable bonds is 5. The summed E-state index contributed by atoms with van der Waals surface area (Å²) < 4.78 is 13.1. The predicted molar refractivity (Wildman–Crippen MR) is 101 cm³/mol. The highest BCUT2D eigenvalue weighted by molar-refractivity contribution is 5.96. The van der Waals surface area contributed by atoms with Crippen LogP contribution in [0.15, 0.2) is 48.5 Å². The molecule has 1 heterocycles. The number of amides is 3. The van der Waals surface area contributed by atoms with Gasteiger partial charge in [-0.3, -0.25) is 9.69 Å². The lowest BCUT2D eigenvalue weighted by Gasteiger charge is -2.35. The Morgan fingerprint density at radius 3 is 2.41 bits per heavy atom. The van der Waals surface area contributed by atoms with Crippen molar-refractivity contribution in [3.63, 3.8) is 0 Å². The van der Waals surface area contributed by atoms with Crippen molar-refractivity contribution in [1.29, 1.82) is 0 Å². The average molecular weight is 367 g/mol. The Bertz CT molecular complexity index is 832. The zero-order valence-electron chi connectivity index (χ0n) is 15.0. The smallest absolute Gasteiger partial charge is 0.324 e. The molecule has 0 radical (unpaired) electrons. The van der Waals surface area contributed by atoms with E-state index in [1.807, 2.05) is 12.1 Å². The number of anilines is 1. The first-order valence-electron chi connectivity index (χ1n) is 9.32. The normalized spacial score (nSPS) is 17.1. The minimum Gasteiger partial charge on any atom is -0.349 e. The van der Waals surface area contributed by atoms with E-state index < -0.39 is 0 Å². The standard InChI is InChI=1S/C21H22FN3O2/c22-17-6-2-15(3-7-17)14-24-12-1-13-25(21(24)27)19-10-4-16(5-11-19)20(26)23-18-8-9-18/h2-7,10-11,18H,1,8-9,12-14H2,(H,23,26). The van der Waals surface area contributed by atoms with Crippen LogP contribution in [0.3, 0.4) is 0 Å². The van der Waals surface area contributed by atoms with Crippen molar-refractivity contribution < 1.29 is 14.0 Å². The Hall–Kier alpha value is -2.89. The molecule has 140 valence electrons. The summed E-state index contributed by atoms with van der Waals surface area (Å²) in [6, 6.07) is 13.6. The fraction of sp³-hybridized carbons (Fsp3) is 0.333. The second-order valence-corrected chi connectivity index (χ2v) is 7.13. The van der Waals surface area contributed by atoms with Gasteiger partial charge in [0.15, 0.2) is 0 Å². The number of carbonyl (C=O) groups is 2. The molecule has 2 aromatic carbocycles. The molecule has 3 amide bonds. The van der Waals surface area contributed by atoms with Crippen LogP contribution in [0, 0.1) is 5.82 Å². The van der Waals surface area contributed by atoms with Gasteiger partial charge in [-0.05, 0) is 61.2 Å². The first-order valence-corrected chi connectivity index (χ1v) is 9.32. The van der Waals surface area contributed by atoms with E-state index in [0.717, 1.165) is 30.5 Å². The molecule has 1 N–H and O–H groups in total. The number of nitrogens with zero attached hydrogens (tertiary/aromatic N) is 2. The second kappa shape index (κ2) is 7.39. The Morgan fingerprint density at radius 1 is 1.04 bits per heavy atom. The number of urea groups is 1. The molecule has 2 aliphatic rings. The molecular weight excluding hydrogens is 345 g/mol. The lowest BCUT2D eigenvalue weighted by atomic mass is 10.1. The van der Waals surface area contributed by atoms with Gasteiger partial charge in [-0.15, -0.1) is 0 Å². The van der Waals surface area contributed by atoms with Gasteiger partial charge in [0.25, 0.3) is 5.91 Å². The largest absolute Gasteiger partial charge is 0.349 e. The molecule has 0 atom stereocenters. The molecule has 0 spiro atoms. The van der Waals surface area contributed by atoms with E-state index in [1.54, 1.807) is 34.1 Å². The van der Waals surface area contributed by atoms with Crippen LogP contribution in [0.1, 0.15) is 35.2 Å². The molecule has 1 aliphatic heterocycles. The number of carbonyl (C=O) groups excluding carboxylic acids is 2. The van der Waals surface area contributed by atoms with Gasteiger partial charge in [-0.2, -0.15) is 0 Å². The maximum Gasteiger partial charge on any atom is 0.324 e. The summed E-state index contributed by atoms with van der Waals surface area (Å²) >= 11 is 0. The molecular formula is C21H22FN3O2. The molecule has 2 fully saturated rings. The van der Waals surface area contributed by atoms with Crippen molar-refractivity contribution in [2.45, 2.75) is 31.8 Å². The van der Waals surface area contributed by atoms with E-state index in [4.69, 9.17) is 0 Å². The zero-order valence-corrected chi connectivity index (χ0v) is 15.0. The summed E-state index contributed by atoms with van der Waals surface area (Å²) in [4.78, 5) is 28.5. The van der Waals surface area contributed by atoms with E-state index in [-0.39, 0.29) is 17.8 Å². The number of hydrogen-bond donors (Lipinski definition) is 1. The average Bonchev–Trinajstić information content (AvgIpc) is 3.49. The first kappa shape index (κ1) is 17.5. The van der Waals surface area contributed by atoms with Gasteiger partial charge in [-0.25, -0.2) is 9.18 Å².